The number of methoxy groups -OCH3 is 2. The summed E-state index contributed by atoms with van der Waals surface area (Å²) in [6.07, 6.45) is 3.13. The predicted molar refractivity (Wildman–Crippen MR) is 147 cm³/mol. The third-order valence-electron chi connectivity index (χ3n) is 6.00. The monoisotopic (exact) mass is 560 g/mol. The first kappa shape index (κ1) is 27.1. The zero-order chi connectivity index (χ0) is 28.2. The Kier molecular flexibility index (Phi) is 7.96. The van der Waals surface area contributed by atoms with Gasteiger partial charge in [-0.25, -0.2) is 24.7 Å². The third-order valence-corrected chi connectivity index (χ3v) is 6.43. The molecule has 4 aromatic heterocycles. The molecule has 0 saturated carbocycles. The zero-order valence-electron chi connectivity index (χ0n) is 22.2. The van der Waals surface area contributed by atoms with E-state index in [9.17, 15) is 8.76 Å². The topological polar surface area (TPSA) is 149 Å². The number of imidazole rings is 1. The first-order chi connectivity index (χ1) is 19.4. The zero-order valence-corrected chi connectivity index (χ0v) is 23.0. The molecule has 5 rings (SSSR count). The molecular formula is C27H26N7O5S-. The molecule has 12 nitrogen and oxygen atoms in total. The summed E-state index contributed by atoms with van der Waals surface area (Å²) >= 11 is -2.61. The van der Waals surface area contributed by atoms with Gasteiger partial charge in [-0.1, -0.05) is 18.2 Å². The van der Waals surface area contributed by atoms with E-state index in [1.807, 2.05) is 26.0 Å². The molecule has 2 unspecified atom stereocenters. The average molecular weight is 561 g/mol. The second-order valence-electron chi connectivity index (χ2n) is 8.56. The highest BCUT2D eigenvalue weighted by Gasteiger charge is 2.26. The number of hydrogen-bond acceptors (Lipinski definition) is 10. The number of aromatic nitrogens is 6. The van der Waals surface area contributed by atoms with Gasteiger partial charge in [0.25, 0.3) is 0 Å². The number of benzene rings is 1. The fourth-order valence-electron chi connectivity index (χ4n) is 4.23. The molecule has 1 N–H and O–H groups in total. The van der Waals surface area contributed by atoms with E-state index in [1.165, 1.54) is 6.20 Å². The van der Waals surface area contributed by atoms with Gasteiger partial charge in [-0.15, -0.1) is 0 Å². The number of aryl methyl sites for hydroxylation is 1. The minimum Gasteiger partial charge on any atom is -0.760 e. The number of hydrogen-bond donors (Lipinski definition) is 1. The molecule has 5 aromatic rings. The standard InChI is InChI=1S/C27H27N7O5S/c1-5-39-22-11-6-8-18(30-22)26-32-25-27(34(26)24-20(37-3)9-7-10-21(24)38-4)31-19(15-29-25)23(33-40(35)36)17-13-12-16(2)14-28-17/h6-15,23,33H,5H2,1-4H3,(H,35,36)/p-1. The summed E-state index contributed by atoms with van der Waals surface area (Å²) in [4.78, 5) is 23.2. The van der Waals surface area contributed by atoms with E-state index in [2.05, 4.69) is 19.7 Å². The van der Waals surface area contributed by atoms with Crippen LogP contribution in [0.4, 0.5) is 0 Å². The number of ether oxygens (including phenoxy) is 3. The molecular weight excluding hydrogens is 534 g/mol. The van der Waals surface area contributed by atoms with Crippen LogP contribution in [-0.2, 0) is 11.3 Å². The first-order valence-electron chi connectivity index (χ1n) is 12.3. The summed E-state index contributed by atoms with van der Waals surface area (Å²) in [6.45, 7) is 4.22. The quantitative estimate of drug-likeness (QED) is 0.252. The van der Waals surface area contributed by atoms with Crippen LogP contribution in [-0.4, -0.2) is 59.1 Å². The van der Waals surface area contributed by atoms with Gasteiger partial charge in [-0.3, -0.25) is 13.8 Å². The van der Waals surface area contributed by atoms with Crippen LogP contribution in [0, 0.1) is 6.92 Å². The Hall–Kier alpha value is -4.46. The van der Waals surface area contributed by atoms with Crippen LogP contribution < -0.4 is 18.9 Å². The van der Waals surface area contributed by atoms with Gasteiger partial charge in [0.15, 0.2) is 17.1 Å². The molecule has 0 aliphatic carbocycles. The van der Waals surface area contributed by atoms with E-state index in [0.717, 1.165) is 5.56 Å². The van der Waals surface area contributed by atoms with Crippen molar-refractivity contribution in [2.75, 3.05) is 20.8 Å². The predicted octanol–water partition coefficient (Wildman–Crippen LogP) is 3.47. The Morgan fingerprint density at radius 2 is 1.70 bits per heavy atom. The van der Waals surface area contributed by atoms with Crippen molar-refractivity contribution in [3.8, 4) is 34.6 Å². The summed E-state index contributed by atoms with van der Waals surface area (Å²) in [6, 6.07) is 13.4. The highest BCUT2D eigenvalue weighted by molar-refractivity contribution is 7.77. The molecule has 0 bridgehead atoms. The van der Waals surface area contributed by atoms with E-state index in [1.54, 1.807) is 61.4 Å². The normalized spacial score (nSPS) is 12.7. The highest BCUT2D eigenvalue weighted by Crippen LogP contribution is 2.38. The minimum atomic E-state index is -2.61. The fraction of sp³-hybridized carbons (Fsp3) is 0.222. The number of para-hydroxylation sites is 1. The van der Waals surface area contributed by atoms with Gasteiger partial charge < -0.3 is 18.8 Å². The summed E-state index contributed by atoms with van der Waals surface area (Å²) in [5, 5.41) is 0. The molecule has 0 fully saturated rings. The molecule has 0 aliphatic heterocycles. The Morgan fingerprint density at radius 3 is 2.35 bits per heavy atom. The molecule has 4 heterocycles. The second-order valence-corrected chi connectivity index (χ2v) is 9.27. The van der Waals surface area contributed by atoms with Gasteiger partial charge in [0.2, 0.25) is 5.88 Å². The summed E-state index contributed by atoms with van der Waals surface area (Å²) in [5.41, 5.74) is 3.34. The van der Waals surface area contributed by atoms with Gasteiger partial charge in [-0.05, 0) is 43.7 Å². The first-order valence-corrected chi connectivity index (χ1v) is 13.4. The Bertz CT molecular complexity index is 1650. The molecule has 0 spiro atoms. The van der Waals surface area contributed by atoms with E-state index in [0.29, 0.717) is 63.9 Å². The summed E-state index contributed by atoms with van der Waals surface area (Å²) in [5.74, 6) is 1.81. The van der Waals surface area contributed by atoms with Gasteiger partial charge in [-0.2, -0.15) is 0 Å². The number of fused-ring (bicyclic) bond motifs is 1. The van der Waals surface area contributed by atoms with E-state index >= 15 is 0 Å². The maximum Gasteiger partial charge on any atom is 0.213 e. The Balaban J connectivity index is 1.80. The molecule has 40 heavy (non-hydrogen) atoms. The lowest BCUT2D eigenvalue weighted by Crippen LogP contribution is -2.26. The van der Waals surface area contributed by atoms with Crippen LogP contribution in [0.3, 0.4) is 0 Å². The average Bonchev–Trinajstić information content (AvgIpc) is 3.34. The van der Waals surface area contributed by atoms with Crippen LogP contribution in [0.2, 0.25) is 0 Å². The number of rotatable bonds is 10. The van der Waals surface area contributed by atoms with Gasteiger partial charge in [0, 0.05) is 23.5 Å². The van der Waals surface area contributed by atoms with Crippen molar-refractivity contribution in [2.24, 2.45) is 0 Å². The van der Waals surface area contributed by atoms with Crippen LogP contribution in [0.15, 0.2) is 60.9 Å². The van der Waals surface area contributed by atoms with Crippen molar-refractivity contribution in [3.63, 3.8) is 0 Å². The lowest BCUT2D eigenvalue weighted by molar-refractivity contribution is 0.327. The van der Waals surface area contributed by atoms with Crippen molar-refractivity contribution >= 4 is 22.6 Å². The van der Waals surface area contributed by atoms with Crippen LogP contribution >= 0.6 is 0 Å². The van der Waals surface area contributed by atoms with Crippen LogP contribution in [0.5, 0.6) is 17.4 Å². The Morgan fingerprint density at radius 1 is 0.950 bits per heavy atom. The van der Waals surface area contributed by atoms with Crippen molar-refractivity contribution in [1.29, 1.82) is 0 Å². The summed E-state index contributed by atoms with van der Waals surface area (Å²) < 4.78 is 44.8. The van der Waals surface area contributed by atoms with Crippen molar-refractivity contribution in [1.82, 2.24) is 34.2 Å². The van der Waals surface area contributed by atoms with Crippen molar-refractivity contribution < 1.29 is 23.0 Å². The maximum absolute atomic E-state index is 11.8. The van der Waals surface area contributed by atoms with Gasteiger partial charge in [0.05, 0.1) is 38.4 Å². The third kappa shape index (κ3) is 5.34. The smallest absolute Gasteiger partial charge is 0.213 e. The molecule has 2 atom stereocenters. The molecule has 13 heteroatoms. The van der Waals surface area contributed by atoms with Gasteiger partial charge in [0.1, 0.15) is 28.9 Å². The molecule has 0 saturated heterocycles. The molecule has 206 valence electrons. The van der Waals surface area contributed by atoms with E-state index in [-0.39, 0.29) is 0 Å². The SMILES string of the molecule is CCOc1cccc(-c2nc3ncc(C(NS(=O)[O-])c4ccc(C)cn4)nc3n2-c2c(OC)cccc2OC)n1. The molecule has 0 amide bonds. The number of pyridine rings is 2. The number of nitrogens with zero attached hydrogens (tertiary/aromatic N) is 6. The van der Waals surface area contributed by atoms with Crippen molar-refractivity contribution in [3.05, 3.63) is 77.9 Å². The van der Waals surface area contributed by atoms with Gasteiger partial charge >= 0.3 is 0 Å². The van der Waals surface area contributed by atoms with E-state index < -0.39 is 17.3 Å². The number of nitrogens with one attached hydrogen (secondary N) is 1. The lowest BCUT2D eigenvalue weighted by Gasteiger charge is -2.20. The fourth-order valence-corrected chi connectivity index (χ4v) is 4.66. The second kappa shape index (κ2) is 11.7. The molecule has 0 radical (unpaired) electrons. The minimum absolute atomic E-state index is 0.300. The molecule has 1 aromatic carbocycles. The van der Waals surface area contributed by atoms with Crippen molar-refractivity contribution in [2.45, 2.75) is 19.9 Å². The molecule has 0 aliphatic rings. The highest BCUT2D eigenvalue weighted by atomic mass is 32.2. The summed E-state index contributed by atoms with van der Waals surface area (Å²) in [7, 11) is 3.10. The van der Waals surface area contributed by atoms with Crippen LogP contribution in [0.25, 0.3) is 28.5 Å². The maximum atomic E-state index is 11.8. The lowest BCUT2D eigenvalue weighted by atomic mass is 10.1. The van der Waals surface area contributed by atoms with Crippen LogP contribution in [0.1, 0.15) is 29.9 Å². The largest absolute Gasteiger partial charge is 0.760 e. The Labute approximate surface area is 232 Å². The van der Waals surface area contributed by atoms with E-state index in [4.69, 9.17) is 24.2 Å².